The normalized spacial score (nSPS) is 12.0. The van der Waals surface area contributed by atoms with Crippen LogP contribution in [0.4, 0.5) is 0 Å². The summed E-state index contributed by atoms with van der Waals surface area (Å²) in [5.74, 6) is -0.704. The number of rotatable bonds is 15. The quantitative estimate of drug-likeness (QED) is 0.243. The summed E-state index contributed by atoms with van der Waals surface area (Å²) in [6, 6.07) is 0. The Morgan fingerprint density at radius 3 is 1.39 bits per heavy atom. The van der Waals surface area contributed by atoms with Crippen molar-refractivity contribution < 1.29 is 19.0 Å². The molecule has 0 unspecified atom stereocenters. The maximum absolute atomic E-state index is 12.0. The molecular weight excluding hydrogens is 496 g/mol. The molecule has 0 atom stereocenters. The number of hydrogen-bond acceptors (Lipinski definition) is 8. The smallest absolute Gasteiger partial charge is 0.229 e. The van der Waals surface area contributed by atoms with E-state index >= 15 is 0 Å². The predicted octanol–water partition coefficient (Wildman–Crippen LogP) is 6.70. The highest BCUT2D eigenvalue weighted by Gasteiger charge is 2.21. The molecule has 0 saturated carbocycles. The largest absolute Gasteiger partial charge is 0.502 e. The van der Waals surface area contributed by atoms with Crippen molar-refractivity contribution in [2.24, 2.45) is 10.8 Å². The van der Waals surface area contributed by atoms with Gasteiger partial charge in [0, 0.05) is 11.1 Å². The Balaban J connectivity index is 1.69. The van der Waals surface area contributed by atoms with Crippen LogP contribution in [0, 0.1) is 10.8 Å². The lowest BCUT2D eigenvalue weighted by Gasteiger charge is -2.25. The first-order chi connectivity index (χ1) is 16.8. The van der Waals surface area contributed by atoms with E-state index in [0.29, 0.717) is 24.0 Å². The van der Waals surface area contributed by atoms with Crippen molar-refractivity contribution >= 4 is 34.2 Å². The maximum atomic E-state index is 12.0. The van der Waals surface area contributed by atoms with E-state index in [4.69, 9.17) is 33.3 Å². The van der Waals surface area contributed by atoms with Gasteiger partial charge in [0.2, 0.25) is 10.9 Å². The van der Waals surface area contributed by atoms with Gasteiger partial charge in [0.1, 0.15) is 12.5 Å². The van der Waals surface area contributed by atoms with Crippen LogP contribution < -0.4 is 10.9 Å². The molecule has 0 aliphatic heterocycles. The molecule has 2 rings (SSSR count). The summed E-state index contributed by atoms with van der Waals surface area (Å²) in [4.78, 5) is 26.0. The minimum Gasteiger partial charge on any atom is -0.502 e. The molecule has 8 heteroatoms. The summed E-state index contributed by atoms with van der Waals surface area (Å²) in [7, 11) is 0. The van der Waals surface area contributed by atoms with Crippen molar-refractivity contribution in [3.63, 3.8) is 0 Å². The van der Waals surface area contributed by atoms with Gasteiger partial charge >= 0.3 is 0 Å². The third kappa shape index (κ3) is 9.97. The van der Waals surface area contributed by atoms with Crippen LogP contribution >= 0.6 is 24.4 Å². The van der Waals surface area contributed by atoms with Crippen molar-refractivity contribution in [3.05, 3.63) is 56.6 Å². The van der Waals surface area contributed by atoms with E-state index in [1.54, 1.807) is 0 Å². The zero-order valence-corrected chi connectivity index (χ0v) is 23.4. The fraction of sp³-hybridized carbons (Fsp3) is 0.571. The molecule has 0 amide bonds. The number of thiocarbonyl (C=S) groups is 2. The summed E-state index contributed by atoms with van der Waals surface area (Å²) in [5, 5.41) is 19.1. The third-order valence-corrected chi connectivity index (χ3v) is 7.63. The van der Waals surface area contributed by atoms with Crippen LogP contribution in [0.5, 0.6) is 11.5 Å². The molecule has 198 valence electrons. The first kappa shape index (κ1) is 29.9. The molecule has 0 aromatic carbocycles. The van der Waals surface area contributed by atoms with Gasteiger partial charge in [-0.25, -0.2) is 0 Å². The first-order valence-corrected chi connectivity index (χ1v) is 13.2. The summed E-state index contributed by atoms with van der Waals surface area (Å²) in [5.41, 5.74) is 0.246. The van der Waals surface area contributed by atoms with Crippen LogP contribution in [0.2, 0.25) is 0 Å². The Hall–Kier alpha value is -2.32. The lowest BCUT2D eigenvalue weighted by atomic mass is 9.81. The van der Waals surface area contributed by atoms with E-state index in [9.17, 15) is 19.8 Å². The molecule has 0 aliphatic carbocycles. The topological polar surface area (TPSA) is 101 Å². The standard InChI is InChI=1S/C28H38O6S2/c1-27(2,11-7-19-15-33-17-23(29)25(19)31)13-9-21(35)5-6-22(36)10-14-28(3,4)12-8-20-16-34-18-24(30)26(20)32/h15-18,29-30H,5-14H2,1-4H3. The average Bonchev–Trinajstić information content (AvgIpc) is 2.82. The molecule has 2 aromatic heterocycles. The van der Waals surface area contributed by atoms with E-state index in [2.05, 4.69) is 27.7 Å². The maximum Gasteiger partial charge on any atom is 0.229 e. The fourth-order valence-corrected chi connectivity index (χ4v) is 4.34. The Kier molecular flexibility index (Phi) is 11.0. The molecule has 0 bridgehead atoms. The second-order valence-electron chi connectivity index (χ2n) is 11.1. The van der Waals surface area contributed by atoms with Crippen LogP contribution in [-0.4, -0.2) is 19.9 Å². The molecule has 0 aliphatic rings. The molecule has 0 spiro atoms. The molecule has 2 heterocycles. The van der Waals surface area contributed by atoms with Crippen molar-refractivity contribution in [1.29, 1.82) is 0 Å². The minimum atomic E-state index is -0.366. The molecular formula is C28H38O6S2. The molecule has 6 nitrogen and oxygen atoms in total. The van der Waals surface area contributed by atoms with Gasteiger partial charge in [0.25, 0.3) is 0 Å². The summed E-state index contributed by atoms with van der Waals surface area (Å²) >= 11 is 11.2. The second-order valence-corrected chi connectivity index (χ2v) is 12.3. The predicted molar refractivity (Wildman–Crippen MR) is 150 cm³/mol. The number of aromatic hydroxyl groups is 2. The average molecular weight is 535 g/mol. The van der Waals surface area contributed by atoms with Gasteiger partial charge < -0.3 is 19.0 Å². The zero-order chi connectivity index (χ0) is 26.9. The van der Waals surface area contributed by atoms with Crippen LogP contribution in [0.15, 0.2) is 43.5 Å². The summed E-state index contributed by atoms with van der Waals surface area (Å²) < 4.78 is 10.0. The van der Waals surface area contributed by atoms with Gasteiger partial charge in [-0.2, -0.15) is 0 Å². The summed E-state index contributed by atoms with van der Waals surface area (Å²) in [6.45, 7) is 8.64. The molecule has 0 radical (unpaired) electrons. The van der Waals surface area contributed by atoms with E-state index < -0.39 is 0 Å². The molecule has 0 fully saturated rings. The second kappa shape index (κ2) is 13.3. The minimum absolute atomic E-state index is 0.000723. The van der Waals surface area contributed by atoms with Gasteiger partial charge in [-0.15, -0.1) is 0 Å². The molecule has 36 heavy (non-hydrogen) atoms. The number of hydrogen-bond donors (Lipinski definition) is 2. The lowest BCUT2D eigenvalue weighted by molar-refractivity contribution is 0.311. The van der Waals surface area contributed by atoms with Crippen molar-refractivity contribution in [1.82, 2.24) is 0 Å². The highest BCUT2D eigenvalue weighted by atomic mass is 32.1. The third-order valence-electron chi connectivity index (χ3n) is 6.81. The molecule has 2 aromatic rings. The van der Waals surface area contributed by atoms with E-state index in [1.807, 2.05) is 0 Å². The van der Waals surface area contributed by atoms with E-state index in [-0.39, 0.29) is 33.2 Å². The lowest BCUT2D eigenvalue weighted by Crippen LogP contribution is -2.18. The van der Waals surface area contributed by atoms with Crippen molar-refractivity contribution in [2.45, 2.75) is 91.9 Å². The first-order valence-electron chi connectivity index (χ1n) is 12.4. The van der Waals surface area contributed by atoms with Crippen molar-refractivity contribution in [2.75, 3.05) is 0 Å². The Morgan fingerprint density at radius 1 is 0.667 bits per heavy atom. The van der Waals surface area contributed by atoms with Gasteiger partial charge in [0.15, 0.2) is 11.5 Å². The fourth-order valence-electron chi connectivity index (χ4n) is 3.93. The zero-order valence-electron chi connectivity index (χ0n) is 21.7. The van der Waals surface area contributed by atoms with E-state index in [1.165, 1.54) is 12.5 Å². The van der Waals surface area contributed by atoms with Gasteiger partial charge in [-0.05, 0) is 84.8 Å². The highest BCUT2D eigenvalue weighted by molar-refractivity contribution is 7.80. The SMILES string of the molecule is CC(C)(CCC(=S)CCC(=S)CCC(C)(C)CCc1cocc(O)c1=O)CCc1cocc(O)c1=O. The monoisotopic (exact) mass is 534 g/mol. The number of aryl methyl sites for hydroxylation is 2. The van der Waals surface area contributed by atoms with Crippen molar-refractivity contribution in [3.8, 4) is 11.5 Å². The van der Waals surface area contributed by atoms with Gasteiger partial charge in [-0.3, -0.25) is 9.59 Å². The Labute approximate surface area is 223 Å². The van der Waals surface area contributed by atoms with E-state index in [0.717, 1.165) is 73.6 Å². The highest BCUT2D eigenvalue weighted by Crippen LogP contribution is 2.30. The van der Waals surface area contributed by atoms with Crippen LogP contribution in [0.25, 0.3) is 0 Å². The Bertz CT molecular complexity index is 1070. The van der Waals surface area contributed by atoms with Crippen LogP contribution in [0.1, 0.15) is 90.2 Å². The van der Waals surface area contributed by atoms with Crippen LogP contribution in [-0.2, 0) is 12.8 Å². The molecule has 2 N–H and O–H groups in total. The van der Waals surface area contributed by atoms with Crippen LogP contribution in [0.3, 0.4) is 0 Å². The summed E-state index contributed by atoms with van der Waals surface area (Å²) in [6.07, 6.45) is 12.7. The molecule has 0 saturated heterocycles. The Morgan fingerprint density at radius 2 is 1.03 bits per heavy atom. The van der Waals surface area contributed by atoms with Gasteiger partial charge in [-0.1, -0.05) is 52.1 Å². The van der Waals surface area contributed by atoms with Gasteiger partial charge in [0.05, 0.1) is 12.5 Å².